The van der Waals surface area contributed by atoms with Gasteiger partial charge >= 0.3 is 0 Å². The average molecular weight is 248 g/mol. The number of nitrogens with zero attached hydrogens (tertiary/aromatic N) is 1. The minimum Gasteiger partial charge on any atom is -0.313 e. The molecule has 0 aliphatic heterocycles. The quantitative estimate of drug-likeness (QED) is 0.782. The maximum Gasteiger partial charge on any atom is 0.0699 e. The first-order chi connectivity index (χ1) is 8.40. The molecule has 0 radical (unpaired) electrons. The van der Waals surface area contributed by atoms with Gasteiger partial charge in [0.2, 0.25) is 0 Å². The van der Waals surface area contributed by atoms with Crippen molar-refractivity contribution in [3.05, 3.63) is 35.4 Å². The fourth-order valence-corrected chi connectivity index (χ4v) is 2.49. The van der Waals surface area contributed by atoms with Crippen LogP contribution >= 0.6 is 0 Å². The Morgan fingerprint density at radius 1 is 1.11 bits per heavy atom. The van der Waals surface area contributed by atoms with Gasteiger partial charge < -0.3 is 5.73 Å². The summed E-state index contributed by atoms with van der Waals surface area (Å²) in [5.74, 6) is 0.589. The first-order valence-electron chi connectivity index (χ1n) is 7.03. The maximum atomic E-state index is 6.44. The van der Waals surface area contributed by atoms with Crippen LogP contribution in [0, 0.1) is 0 Å². The minimum atomic E-state index is -0.261. The second-order valence-corrected chi connectivity index (χ2v) is 5.60. The van der Waals surface area contributed by atoms with E-state index in [0.29, 0.717) is 5.92 Å². The van der Waals surface area contributed by atoms with E-state index in [0.717, 1.165) is 19.5 Å². The predicted molar refractivity (Wildman–Crippen MR) is 79.7 cm³/mol. The van der Waals surface area contributed by atoms with Gasteiger partial charge in [-0.2, -0.15) is 0 Å². The lowest BCUT2D eigenvalue weighted by molar-refractivity contribution is 0.123. The van der Waals surface area contributed by atoms with E-state index in [2.05, 4.69) is 63.8 Å². The third kappa shape index (κ3) is 3.82. The van der Waals surface area contributed by atoms with Crippen LogP contribution in [-0.4, -0.2) is 23.7 Å². The largest absolute Gasteiger partial charge is 0.313 e. The van der Waals surface area contributed by atoms with Crippen LogP contribution in [-0.2, 0) is 6.42 Å². The van der Waals surface area contributed by atoms with Crippen molar-refractivity contribution in [3.8, 4) is 0 Å². The van der Waals surface area contributed by atoms with E-state index in [-0.39, 0.29) is 5.66 Å². The number of hydrogen-bond donors (Lipinski definition) is 1. The highest BCUT2D eigenvalue weighted by Gasteiger charge is 2.24. The fraction of sp³-hybridized carbons (Fsp3) is 0.625. The van der Waals surface area contributed by atoms with Crippen molar-refractivity contribution < 1.29 is 0 Å². The summed E-state index contributed by atoms with van der Waals surface area (Å²) in [6, 6.07) is 8.87. The molecule has 2 nitrogen and oxygen atoms in total. The second-order valence-electron chi connectivity index (χ2n) is 5.60. The van der Waals surface area contributed by atoms with Crippen molar-refractivity contribution in [2.24, 2.45) is 5.73 Å². The molecule has 0 amide bonds. The zero-order valence-corrected chi connectivity index (χ0v) is 12.5. The van der Waals surface area contributed by atoms with Gasteiger partial charge in [0.15, 0.2) is 0 Å². The highest BCUT2D eigenvalue weighted by molar-refractivity contribution is 5.25. The summed E-state index contributed by atoms with van der Waals surface area (Å²) < 4.78 is 0. The van der Waals surface area contributed by atoms with Gasteiger partial charge in [-0.05, 0) is 37.1 Å². The lowest BCUT2D eigenvalue weighted by Crippen LogP contribution is -2.55. The molecule has 0 spiro atoms. The molecular formula is C16H28N2. The highest BCUT2D eigenvalue weighted by atomic mass is 15.3. The van der Waals surface area contributed by atoms with E-state index in [1.807, 2.05) is 0 Å². The highest BCUT2D eigenvalue weighted by Crippen LogP contribution is 2.19. The molecule has 0 aliphatic rings. The minimum absolute atomic E-state index is 0.261. The predicted octanol–water partition coefficient (Wildman–Crippen LogP) is 3.37. The molecular weight excluding hydrogens is 220 g/mol. The molecule has 0 fully saturated rings. The van der Waals surface area contributed by atoms with Crippen LogP contribution in [0.15, 0.2) is 24.3 Å². The Morgan fingerprint density at radius 3 is 2.00 bits per heavy atom. The molecule has 1 aromatic carbocycles. The monoisotopic (exact) mass is 248 g/mol. The molecule has 0 aliphatic carbocycles. The lowest BCUT2D eigenvalue weighted by Gasteiger charge is -2.37. The molecule has 0 bridgehead atoms. The van der Waals surface area contributed by atoms with Crippen LogP contribution in [0.1, 0.15) is 51.7 Å². The van der Waals surface area contributed by atoms with Gasteiger partial charge in [-0.25, -0.2) is 0 Å². The van der Waals surface area contributed by atoms with Crippen molar-refractivity contribution in [3.63, 3.8) is 0 Å². The lowest BCUT2D eigenvalue weighted by atomic mass is 9.96. The normalized spacial score (nSPS) is 15.1. The summed E-state index contributed by atoms with van der Waals surface area (Å²) in [6.45, 7) is 12.9. The Morgan fingerprint density at radius 2 is 1.61 bits per heavy atom. The van der Waals surface area contributed by atoms with Gasteiger partial charge in [0.25, 0.3) is 0 Å². The maximum absolute atomic E-state index is 6.44. The molecule has 0 saturated heterocycles. The Hall–Kier alpha value is -0.860. The van der Waals surface area contributed by atoms with Gasteiger partial charge in [0, 0.05) is 6.42 Å². The van der Waals surface area contributed by atoms with Crippen molar-refractivity contribution in [2.75, 3.05) is 13.1 Å². The second kappa shape index (κ2) is 6.35. The Bertz CT molecular complexity index is 348. The van der Waals surface area contributed by atoms with Crippen LogP contribution in [0.2, 0.25) is 0 Å². The number of nitrogens with two attached hydrogens (primary N) is 1. The Balaban J connectivity index is 2.77. The topological polar surface area (TPSA) is 29.3 Å². The van der Waals surface area contributed by atoms with E-state index in [1.54, 1.807) is 0 Å². The third-order valence-electron chi connectivity index (χ3n) is 3.69. The first kappa shape index (κ1) is 15.2. The molecule has 1 atom stereocenters. The van der Waals surface area contributed by atoms with Crippen LogP contribution in [0.25, 0.3) is 0 Å². The molecule has 1 aromatic rings. The van der Waals surface area contributed by atoms with Crippen LogP contribution < -0.4 is 5.73 Å². The van der Waals surface area contributed by atoms with Gasteiger partial charge in [0.1, 0.15) is 0 Å². The van der Waals surface area contributed by atoms with Crippen molar-refractivity contribution in [1.82, 2.24) is 4.90 Å². The Labute approximate surface area is 112 Å². The molecule has 2 N–H and O–H groups in total. The number of rotatable bonds is 6. The zero-order valence-electron chi connectivity index (χ0n) is 12.5. The van der Waals surface area contributed by atoms with Crippen molar-refractivity contribution >= 4 is 0 Å². The summed E-state index contributed by atoms with van der Waals surface area (Å²) in [4.78, 5) is 2.31. The summed E-state index contributed by atoms with van der Waals surface area (Å²) in [5.41, 5.74) is 8.88. The summed E-state index contributed by atoms with van der Waals surface area (Å²) in [7, 11) is 0. The first-order valence-corrected chi connectivity index (χ1v) is 7.03. The van der Waals surface area contributed by atoms with Crippen LogP contribution in [0.4, 0.5) is 0 Å². The van der Waals surface area contributed by atoms with Crippen molar-refractivity contribution in [1.29, 1.82) is 0 Å². The third-order valence-corrected chi connectivity index (χ3v) is 3.69. The van der Waals surface area contributed by atoms with E-state index in [1.165, 1.54) is 11.1 Å². The summed E-state index contributed by atoms with van der Waals surface area (Å²) in [5, 5.41) is 0. The number of hydrogen-bond acceptors (Lipinski definition) is 2. The smallest absolute Gasteiger partial charge is 0.0699 e. The molecule has 0 saturated carbocycles. The van der Waals surface area contributed by atoms with E-state index in [4.69, 9.17) is 5.73 Å². The van der Waals surface area contributed by atoms with E-state index >= 15 is 0 Å². The Kier molecular flexibility index (Phi) is 5.36. The standard InChI is InChI=1S/C16H28N2/c1-6-18(7-2)16(5,17)12-14-8-10-15(11-9-14)13(3)4/h8-11,13H,6-7,12,17H2,1-5H3. The number of benzene rings is 1. The molecule has 2 heteroatoms. The summed E-state index contributed by atoms with van der Waals surface area (Å²) >= 11 is 0. The summed E-state index contributed by atoms with van der Waals surface area (Å²) in [6.07, 6.45) is 0.896. The van der Waals surface area contributed by atoms with Gasteiger partial charge in [-0.1, -0.05) is 52.0 Å². The molecule has 0 heterocycles. The van der Waals surface area contributed by atoms with E-state index < -0.39 is 0 Å². The van der Waals surface area contributed by atoms with Gasteiger partial charge in [0.05, 0.1) is 5.66 Å². The molecule has 18 heavy (non-hydrogen) atoms. The molecule has 102 valence electrons. The van der Waals surface area contributed by atoms with Gasteiger partial charge in [-0.15, -0.1) is 0 Å². The van der Waals surface area contributed by atoms with Gasteiger partial charge in [-0.3, -0.25) is 4.90 Å². The van der Waals surface area contributed by atoms with Crippen LogP contribution in [0.5, 0.6) is 0 Å². The van der Waals surface area contributed by atoms with E-state index in [9.17, 15) is 0 Å². The number of likely N-dealkylation sites (N-methyl/N-ethyl adjacent to an activating group) is 1. The van der Waals surface area contributed by atoms with Crippen molar-refractivity contribution in [2.45, 2.75) is 52.6 Å². The molecule has 1 unspecified atom stereocenters. The molecule has 0 aromatic heterocycles. The average Bonchev–Trinajstić information content (AvgIpc) is 2.30. The fourth-order valence-electron chi connectivity index (χ4n) is 2.49. The SMILES string of the molecule is CCN(CC)C(C)(N)Cc1ccc(C(C)C)cc1. The molecule has 1 rings (SSSR count). The zero-order chi connectivity index (χ0) is 13.8. The van der Waals surface area contributed by atoms with Crippen LogP contribution in [0.3, 0.4) is 0 Å².